The molecule has 0 amide bonds. The number of aliphatic hydroxyl groups excluding tert-OH is 1. The minimum absolute atomic E-state index is 0.0691. The van der Waals surface area contributed by atoms with Gasteiger partial charge in [-0.1, -0.05) is 6.42 Å². The van der Waals surface area contributed by atoms with E-state index in [0.29, 0.717) is 28.7 Å². The second-order valence-electron chi connectivity index (χ2n) is 8.05. The molecular weight excluding hydrogens is 370 g/mol. The predicted molar refractivity (Wildman–Crippen MR) is 110 cm³/mol. The van der Waals surface area contributed by atoms with E-state index in [1.165, 1.54) is 6.20 Å². The van der Waals surface area contributed by atoms with Crippen LogP contribution in [0.15, 0.2) is 18.3 Å². The van der Waals surface area contributed by atoms with Crippen molar-refractivity contribution >= 4 is 21.7 Å². The molecule has 152 valence electrons. The number of aromatic hydroxyl groups is 1. The van der Waals surface area contributed by atoms with Crippen molar-refractivity contribution < 1.29 is 24.4 Å². The lowest BCUT2D eigenvalue weighted by atomic mass is 9.73. The third-order valence-corrected chi connectivity index (χ3v) is 6.76. The van der Waals surface area contributed by atoms with Crippen molar-refractivity contribution in [2.24, 2.45) is 11.8 Å². The van der Waals surface area contributed by atoms with E-state index in [1.807, 2.05) is 6.07 Å². The van der Waals surface area contributed by atoms with E-state index >= 15 is 0 Å². The topological polar surface area (TPSA) is 81.0 Å². The molecule has 1 fully saturated rings. The van der Waals surface area contributed by atoms with Crippen LogP contribution in [0.5, 0.6) is 23.0 Å². The van der Waals surface area contributed by atoms with Gasteiger partial charge in [-0.15, -0.1) is 0 Å². The Hall–Kier alpha value is -2.73. The lowest BCUT2D eigenvalue weighted by Gasteiger charge is -2.34. The van der Waals surface area contributed by atoms with Crippen molar-refractivity contribution in [2.75, 3.05) is 21.3 Å². The van der Waals surface area contributed by atoms with Crippen molar-refractivity contribution in [3.05, 3.63) is 29.5 Å². The molecule has 0 saturated heterocycles. The first-order valence-electron chi connectivity index (χ1n) is 10.0. The molecule has 5 rings (SSSR count). The highest BCUT2D eigenvalue weighted by Crippen LogP contribution is 2.54. The number of aliphatic hydroxyl groups is 1. The van der Waals surface area contributed by atoms with Gasteiger partial charge in [0.1, 0.15) is 5.75 Å². The Kier molecular flexibility index (Phi) is 4.21. The SMILES string of the molecule is COc1cc2c3c(c4ncc(O)cc4c2c(OC)c1OC)[C@H](O)[C@@H]1CCCC1C3. The van der Waals surface area contributed by atoms with Crippen LogP contribution in [-0.2, 0) is 6.42 Å². The first-order chi connectivity index (χ1) is 14.1. The number of ether oxygens (including phenoxy) is 3. The van der Waals surface area contributed by atoms with Crippen LogP contribution >= 0.6 is 0 Å². The van der Waals surface area contributed by atoms with E-state index in [9.17, 15) is 10.2 Å². The molecule has 6 heteroatoms. The largest absolute Gasteiger partial charge is 0.506 e. The van der Waals surface area contributed by atoms with Crippen LogP contribution in [0.2, 0.25) is 0 Å². The molecule has 3 aromatic rings. The smallest absolute Gasteiger partial charge is 0.203 e. The van der Waals surface area contributed by atoms with Crippen molar-refractivity contribution in [1.82, 2.24) is 4.98 Å². The number of rotatable bonds is 3. The first kappa shape index (κ1) is 18.3. The third-order valence-electron chi connectivity index (χ3n) is 6.76. The predicted octanol–water partition coefficient (Wildman–Crippen LogP) is 4.13. The second kappa shape index (κ2) is 6.66. The fourth-order valence-electron chi connectivity index (χ4n) is 5.56. The molecule has 0 bridgehead atoms. The number of fused-ring (bicyclic) bond motifs is 7. The lowest BCUT2D eigenvalue weighted by molar-refractivity contribution is 0.0758. The summed E-state index contributed by atoms with van der Waals surface area (Å²) in [6.07, 6.45) is 5.09. The Morgan fingerprint density at radius 2 is 1.79 bits per heavy atom. The Morgan fingerprint density at radius 3 is 2.52 bits per heavy atom. The van der Waals surface area contributed by atoms with Gasteiger partial charge >= 0.3 is 0 Å². The normalized spacial score (nSPS) is 23.1. The summed E-state index contributed by atoms with van der Waals surface area (Å²) in [5.41, 5.74) is 2.69. The standard InChI is InChI=1S/C23H25NO5/c1-27-17-9-15-14-7-11-5-4-6-13(11)21(26)19(14)20-16(8-12(25)10-24-20)18(15)23(29-3)22(17)28-2/h8-11,13,21,25-26H,4-7H2,1-3H3/t11?,13-,21-/m1/s1. The summed E-state index contributed by atoms with van der Waals surface area (Å²) in [6.45, 7) is 0. The van der Waals surface area contributed by atoms with E-state index < -0.39 is 6.10 Å². The Labute approximate surface area is 169 Å². The number of pyridine rings is 1. The van der Waals surface area contributed by atoms with Crippen molar-refractivity contribution in [1.29, 1.82) is 0 Å². The first-order valence-corrected chi connectivity index (χ1v) is 10.0. The average Bonchev–Trinajstić information content (AvgIpc) is 3.21. The molecule has 1 aromatic heterocycles. The van der Waals surface area contributed by atoms with Crippen LogP contribution in [-0.4, -0.2) is 36.5 Å². The maximum absolute atomic E-state index is 11.3. The van der Waals surface area contributed by atoms with Crippen LogP contribution in [0.4, 0.5) is 0 Å². The van der Waals surface area contributed by atoms with Gasteiger partial charge in [0, 0.05) is 16.3 Å². The molecule has 1 saturated carbocycles. The Morgan fingerprint density at radius 1 is 1.00 bits per heavy atom. The molecular formula is C23H25NO5. The van der Waals surface area contributed by atoms with E-state index in [1.54, 1.807) is 27.4 Å². The van der Waals surface area contributed by atoms with Gasteiger partial charge in [-0.3, -0.25) is 4.98 Å². The summed E-state index contributed by atoms with van der Waals surface area (Å²) >= 11 is 0. The van der Waals surface area contributed by atoms with Gasteiger partial charge < -0.3 is 24.4 Å². The lowest BCUT2D eigenvalue weighted by Crippen LogP contribution is -2.26. The summed E-state index contributed by atoms with van der Waals surface area (Å²) in [6, 6.07) is 3.65. The zero-order valence-corrected chi connectivity index (χ0v) is 16.9. The molecule has 1 heterocycles. The number of nitrogens with zero attached hydrogens (tertiary/aromatic N) is 1. The van der Waals surface area contributed by atoms with E-state index in [2.05, 4.69) is 4.98 Å². The van der Waals surface area contributed by atoms with Crippen LogP contribution in [0.3, 0.4) is 0 Å². The molecule has 2 aliphatic carbocycles. The van der Waals surface area contributed by atoms with Gasteiger partial charge in [0.25, 0.3) is 0 Å². The molecule has 0 radical (unpaired) electrons. The number of benzene rings is 2. The summed E-state index contributed by atoms with van der Waals surface area (Å²) in [5, 5.41) is 24.0. The number of hydrogen-bond donors (Lipinski definition) is 2. The zero-order chi connectivity index (χ0) is 20.3. The molecule has 29 heavy (non-hydrogen) atoms. The van der Waals surface area contributed by atoms with Gasteiger partial charge in [-0.2, -0.15) is 0 Å². The molecule has 3 atom stereocenters. The molecule has 2 N–H and O–H groups in total. The summed E-state index contributed by atoms with van der Waals surface area (Å²) < 4.78 is 17.0. The van der Waals surface area contributed by atoms with Crippen LogP contribution < -0.4 is 14.2 Å². The van der Waals surface area contributed by atoms with Gasteiger partial charge in [0.15, 0.2) is 11.5 Å². The second-order valence-corrected chi connectivity index (χ2v) is 8.05. The highest BCUT2D eigenvalue weighted by Gasteiger charge is 2.41. The molecule has 6 nitrogen and oxygen atoms in total. The van der Waals surface area contributed by atoms with Crippen molar-refractivity contribution in [3.8, 4) is 23.0 Å². The summed E-state index contributed by atoms with van der Waals surface area (Å²) in [7, 11) is 4.78. The Bertz CT molecular complexity index is 1130. The monoisotopic (exact) mass is 395 g/mol. The highest BCUT2D eigenvalue weighted by atomic mass is 16.5. The van der Waals surface area contributed by atoms with Crippen molar-refractivity contribution in [2.45, 2.75) is 31.8 Å². The molecule has 2 aromatic carbocycles. The van der Waals surface area contributed by atoms with Gasteiger partial charge in [0.2, 0.25) is 5.75 Å². The molecule has 0 aliphatic heterocycles. The van der Waals surface area contributed by atoms with Crippen LogP contribution in [0.1, 0.15) is 36.5 Å². The summed E-state index contributed by atoms with van der Waals surface area (Å²) in [4.78, 5) is 4.54. The van der Waals surface area contributed by atoms with Crippen molar-refractivity contribution in [3.63, 3.8) is 0 Å². The number of hydrogen-bond acceptors (Lipinski definition) is 6. The minimum atomic E-state index is -0.561. The number of aromatic nitrogens is 1. The number of methoxy groups -OCH3 is 3. The quantitative estimate of drug-likeness (QED) is 0.649. The van der Waals surface area contributed by atoms with E-state index in [0.717, 1.165) is 53.0 Å². The van der Waals surface area contributed by atoms with E-state index in [4.69, 9.17) is 14.2 Å². The summed E-state index contributed by atoms with van der Waals surface area (Å²) in [5.74, 6) is 2.43. The molecule has 2 aliphatic rings. The third kappa shape index (κ3) is 2.48. The van der Waals surface area contributed by atoms with Gasteiger partial charge in [0.05, 0.1) is 39.1 Å². The maximum Gasteiger partial charge on any atom is 0.203 e. The fourth-order valence-corrected chi connectivity index (χ4v) is 5.56. The fraction of sp³-hybridized carbons (Fsp3) is 0.435. The maximum atomic E-state index is 11.3. The molecule has 1 unspecified atom stereocenters. The average molecular weight is 395 g/mol. The Balaban J connectivity index is 1.98. The van der Waals surface area contributed by atoms with Crippen LogP contribution in [0, 0.1) is 11.8 Å². The van der Waals surface area contributed by atoms with Gasteiger partial charge in [-0.25, -0.2) is 0 Å². The van der Waals surface area contributed by atoms with Crippen LogP contribution in [0.25, 0.3) is 21.7 Å². The highest BCUT2D eigenvalue weighted by molar-refractivity contribution is 6.14. The van der Waals surface area contributed by atoms with Gasteiger partial charge in [-0.05, 0) is 54.2 Å². The minimum Gasteiger partial charge on any atom is -0.506 e. The molecule has 0 spiro atoms. The van der Waals surface area contributed by atoms with E-state index in [-0.39, 0.29) is 11.7 Å². The zero-order valence-electron chi connectivity index (χ0n) is 16.9.